The number of anilines is 1. The SMILES string of the molecule is Nc1nnc2nc(CC(=O)c3ccncc3)c(=CC(=O)c3ccncc3)n12. The van der Waals surface area contributed by atoms with Crippen LogP contribution in [0.25, 0.3) is 11.9 Å². The Morgan fingerprint density at radius 1 is 0.963 bits per heavy atom. The van der Waals surface area contributed by atoms with Crippen molar-refractivity contribution in [1.82, 2.24) is 29.5 Å². The maximum absolute atomic E-state index is 12.6. The molecule has 0 bridgehead atoms. The first-order chi connectivity index (χ1) is 13.1. The molecule has 0 saturated carbocycles. The summed E-state index contributed by atoms with van der Waals surface area (Å²) in [6.45, 7) is 0. The summed E-state index contributed by atoms with van der Waals surface area (Å²) in [6.07, 6.45) is 7.51. The molecule has 0 aromatic carbocycles. The predicted octanol–water partition coefficient (Wildman–Crippen LogP) is 0.304. The highest BCUT2D eigenvalue weighted by atomic mass is 16.1. The zero-order chi connectivity index (χ0) is 18.8. The van der Waals surface area contributed by atoms with E-state index in [2.05, 4.69) is 25.1 Å². The number of hydrogen-bond donors (Lipinski definition) is 1. The number of imidazole rings is 1. The van der Waals surface area contributed by atoms with Crippen molar-refractivity contribution in [3.63, 3.8) is 0 Å². The Balaban J connectivity index is 1.80. The van der Waals surface area contributed by atoms with Gasteiger partial charge in [0.05, 0.1) is 17.5 Å². The normalized spacial score (nSPS) is 11.8. The van der Waals surface area contributed by atoms with Gasteiger partial charge in [-0.3, -0.25) is 19.6 Å². The molecule has 0 spiro atoms. The van der Waals surface area contributed by atoms with Crippen molar-refractivity contribution in [2.45, 2.75) is 6.42 Å². The largest absolute Gasteiger partial charge is 0.368 e. The van der Waals surface area contributed by atoms with E-state index in [0.29, 0.717) is 22.2 Å². The minimum absolute atomic E-state index is 0.0116. The minimum Gasteiger partial charge on any atom is -0.368 e. The smallest absolute Gasteiger partial charge is 0.257 e. The van der Waals surface area contributed by atoms with Gasteiger partial charge >= 0.3 is 0 Å². The van der Waals surface area contributed by atoms with Crippen LogP contribution in [0.15, 0.2) is 49.1 Å². The Morgan fingerprint density at radius 3 is 2.26 bits per heavy atom. The summed E-state index contributed by atoms with van der Waals surface area (Å²) in [4.78, 5) is 37.3. The second-order valence-corrected chi connectivity index (χ2v) is 5.72. The number of nitrogens with two attached hydrogens (primary N) is 1. The fraction of sp³-hybridized carbons (Fsp3) is 0.0556. The summed E-state index contributed by atoms with van der Waals surface area (Å²) in [5.41, 5.74) is 7.22. The molecule has 0 aliphatic carbocycles. The van der Waals surface area contributed by atoms with E-state index in [4.69, 9.17) is 5.73 Å². The minimum atomic E-state index is -0.266. The van der Waals surface area contributed by atoms with Gasteiger partial charge in [-0.15, -0.1) is 10.2 Å². The van der Waals surface area contributed by atoms with Gasteiger partial charge in [0.15, 0.2) is 11.6 Å². The first-order valence-electron chi connectivity index (χ1n) is 8.02. The fourth-order valence-electron chi connectivity index (χ4n) is 2.69. The topological polar surface area (TPSA) is 129 Å². The molecular weight excluding hydrogens is 346 g/mol. The van der Waals surface area contributed by atoms with Crippen LogP contribution in [0, 0.1) is 0 Å². The summed E-state index contributed by atoms with van der Waals surface area (Å²) in [7, 11) is 0. The number of nitrogen functional groups attached to an aromatic ring is 1. The summed E-state index contributed by atoms with van der Waals surface area (Å²) >= 11 is 0. The lowest BCUT2D eigenvalue weighted by molar-refractivity contribution is 0.0990. The van der Waals surface area contributed by atoms with Gasteiger partial charge in [-0.05, 0) is 24.3 Å². The number of fused-ring (bicyclic) bond motifs is 1. The molecule has 4 rings (SSSR count). The molecule has 4 aromatic rings. The molecule has 0 aliphatic heterocycles. The lowest BCUT2D eigenvalue weighted by Gasteiger charge is -1.99. The molecule has 9 nitrogen and oxygen atoms in total. The summed E-state index contributed by atoms with van der Waals surface area (Å²) in [6, 6.07) is 6.45. The van der Waals surface area contributed by atoms with Crippen LogP contribution in [0.3, 0.4) is 0 Å². The first-order valence-corrected chi connectivity index (χ1v) is 8.02. The van der Waals surface area contributed by atoms with E-state index in [0.717, 1.165) is 0 Å². The van der Waals surface area contributed by atoms with Gasteiger partial charge in [0, 0.05) is 42.0 Å². The summed E-state index contributed by atoms with van der Waals surface area (Å²) in [5.74, 6) is -0.0965. The van der Waals surface area contributed by atoms with E-state index in [-0.39, 0.29) is 29.7 Å². The van der Waals surface area contributed by atoms with Crippen LogP contribution in [-0.4, -0.2) is 41.1 Å². The van der Waals surface area contributed by atoms with Crippen molar-refractivity contribution >= 4 is 29.4 Å². The molecule has 0 amide bonds. The molecule has 0 radical (unpaired) electrons. The Bertz CT molecular complexity index is 1190. The maximum Gasteiger partial charge on any atom is 0.257 e. The zero-order valence-electron chi connectivity index (χ0n) is 14.0. The number of ketones is 2. The zero-order valence-corrected chi connectivity index (χ0v) is 14.0. The van der Waals surface area contributed by atoms with Gasteiger partial charge in [0.2, 0.25) is 5.95 Å². The van der Waals surface area contributed by atoms with Gasteiger partial charge < -0.3 is 5.73 Å². The van der Waals surface area contributed by atoms with E-state index in [1.165, 1.54) is 22.9 Å². The molecule has 4 heterocycles. The van der Waals surface area contributed by atoms with E-state index < -0.39 is 0 Å². The molecule has 0 aliphatic rings. The number of carbonyl (C=O) groups excluding carboxylic acids is 2. The molecular formula is C18H13N7O2. The number of Topliss-reactive ketones (excluding diaryl/α,β-unsaturated/α-hetero) is 2. The lowest BCUT2D eigenvalue weighted by Crippen LogP contribution is -2.20. The second-order valence-electron chi connectivity index (χ2n) is 5.72. The van der Waals surface area contributed by atoms with Crippen LogP contribution < -0.4 is 11.1 Å². The number of aromatic nitrogens is 6. The number of pyridine rings is 2. The second kappa shape index (κ2) is 6.71. The van der Waals surface area contributed by atoms with Crippen molar-refractivity contribution in [3.8, 4) is 0 Å². The maximum atomic E-state index is 12.6. The lowest BCUT2D eigenvalue weighted by atomic mass is 10.1. The third-order valence-corrected chi connectivity index (χ3v) is 4.01. The quantitative estimate of drug-likeness (QED) is 0.504. The van der Waals surface area contributed by atoms with Crippen LogP contribution in [0.1, 0.15) is 26.4 Å². The van der Waals surface area contributed by atoms with Crippen molar-refractivity contribution in [1.29, 1.82) is 0 Å². The number of rotatable bonds is 5. The number of hydrogen-bond acceptors (Lipinski definition) is 8. The van der Waals surface area contributed by atoms with Crippen LogP contribution in [0.2, 0.25) is 0 Å². The van der Waals surface area contributed by atoms with Crippen LogP contribution >= 0.6 is 0 Å². The molecule has 132 valence electrons. The highest BCUT2D eigenvalue weighted by Crippen LogP contribution is 2.07. The molecule has 27 heavy (non-hydrogen) atoms. The third-order valence-electron chi connectivity index (χ3n) is 4.01. The summed E-state index contributed by atoms with van der Waals surface area (Å²) < 4.78 is 1.45. The standard InChI is InChI=1S/C18H13N7O2/c19-17-23-24-18-22-13(9-15(26)11-1-5-20-6-2-11)14(25(17)18)10-16(27)12-3-7-21-8-4-12/h1-8,10H,9H2,(H2,19,23). The molecule has 9 heteroatoms. The Labute approximate surface area is 152 Å². The Hall–Kier alpha value is -4.01. The highest BCUT2D eigenvalue weighted by molar-refractivity contribution is 6.17. The van der Waals surface area contributed by atoms with Crippen LogP contribution in [0.4, 0.5) is 5.95 Å². The van der Waals surface area contributed by atoms with Crippen molar-refractivity contribution in [2.75, 3.05) is 5.73 Å². The van der Waals surface area contributed by atoms with Gasteiger partial charge in [0.1, 0.15) is 0 Å². The van der Waals surface area contributed by atoms with Gasteiger partial charge in [0.25, 0.3) is 5.78 Å². The highest BCUT2D eigenvalue weighted by Gasteiger charge is 2.17. The fourth-order valence-corrected chi connectivity index (χ4v) is 2.69. The number of carbonyl (C=O) groups is 2. The van der Waals surface area contributed by atoms with Crippen molar-refractivity contribution in [2.24, 2.45) is 0 Å². The Kier molecular flexibility index (Phi) is 4.09. The predicted molar refractivity (Wildman–Crippen MR) is 95.7 cm³/mol. The van der Waals surface area contributed by atoms with E-state index in [9.17, 15) is 9.59 Å². The first kappa shape index (κ1) is 16.5. The summed E-state index contributed by atoms with van der Waals surface area (Å²) in [5, 5.41) is 8.03. The van der Waals surface area contributed by atoms with E-state index in [1.807, 2.05) is 0 Å². The monoisotopic (exact) mass is 359 g/mol. The average molecular weight is 359 g/mol. The van der Waals surface area contributed by atoms with Gasteiger partial charge in [-0.25, -0.2) is 9.38 Å². The molecule has 0 saturated heterocycles. The van der Waals surface area contributed by atoms with Crippen molar-refractivity contribution in [3.05, 3.63) is 71.2 Å². The average Bonchev–Trinajstić information content (AvgIpc) is 3.23. The molecule has 4 aromatic heterocycles. The molecule has 0 unspecified atom stereocenters. The van der Waals surface area contributed by atoms with Gasteiger partial charge in [-0.1, -0.05) is 0 Å². The van der Waals surface area contributed by atoms with Gasteiger partial charge in [-0.2, -0.15) is 0 Å². The molecule has 2 N–H and O–H groups in total. The van der Waals surface area contributed by atoms with E-state index >= 15 is 0 Å². The Morgan fingerprint density at radius 2 is 1.59 bits per heavy atom. The van der Waals surface area contributed by atoms with E-state index in [1.54, 1.807) is 36.7 Å². The third kappa shape index (κ3) is 3.13. The number of nitrogens with zero attached hydrogens (tertiary/aromatic N) is 6. The van der Waals surface area contributed by atoms with Crippen LogP contribution in [-0.2, 0) is 6.42 Å². The molecule has 0 atom stereocenters. The van der Waals surface area contributed by atoms with Crippen molar-refractivity contribution < 1.29 is 9.59 Å². The van der Waals surface area contributed by atoms with Crippen LogP contribution in [0.5, 0.6) is 0 Å². The molecule has 0 fully saturated rings.